The predicted octanol–water partition coefficient (Wildman–Crippen LogP) is 2.91. The Morgan fingerprint density at radius 2 is 1.77 bits per heavy atom. The van der Waals surface area contributed by atoms with Gasteiger partial charge in [0.1, 0.15) is 0 Å². The molecule has 2 aromatic carbocycles. The fourth-order valence-electron chi connectivity index (χ4n) is 2.81. The number of nitrogens with zero attached hydrogens (tertiary/aromatic N) is 1. The highest BCUT2D eigenvalue weighted by Crippen LogP contribution is 2.31. The highest BCUT2D eigenvalue weighted by Gasteiger charge is 2.34. The van der Waals surface area contributed by atoms with Crippen LogP contribution in [0, 0.1) is 6.92 Å². The molecular weight excluding hydrogens is 276 g/mol. The van der Waals surface area contributed by atoms with Gasteiger partial charge in [-0.3, -0.25) is 9.59 Å². The van der Waals surface area contributed by atoms with Crippen molar-refractivity contribution in [2.45, 2.75) is 26.3 Å². The van der Waals surface area contributed by atoms with Crippen LogP contribution in [0.3, 0.4) is 0 Å². The van der Waals surface area contributed by atoms with Crippen LogP contribution >= 0.6 is 0 Å². The van der Waals surface area contributed by atoms with Gasteiger partial charge in [-0.05, 0) is 44.0 Å². The van der Waals surface area contributed by atoms with Gasteiger partial charge in [0, 0.05) is 17.4 Å². The largest absolute Gasteiger partial charge is 0.318 e. The Balaban J connectivity index is 1.79. The SMILES string of the molecule is Cc1ccc(NC(=O)C(=O)N2c3ccccc3CC2C)cc1. The lowest BCUT2D eigenvalue weighted by Crippen LogP contribution is -2.43. The maximum Gasteiger partial charge on any atom is 0.316 e. The second-order valence-electron chi connectivity index (χ2n) is 5.68. The number of aryl methyl sites for hydroxylation is 1. The summed E-state index contributed by atoms with van der Waals surface area (Å²) in [6.07, 6.45) is 0.778. The second kappa shape index (κ2) is 5.64. The van der Waals surface area contributed by atoms with Gasteiger partial charge in [-0.2, -0.15) is 0 Å². The number of benzene rings is 2. The van der Waals surface area contributed by atoms with Gasteiger partial charge < -0.3 is 10.2 Å². The molecule has 0 radical (unpaired) electrons. The number of hydrogen-bond donors (Lipinski definition) is 1. The molecule has 4 nitrogen and oxygen atoms in total. The maximum atomic E-state index is 12.5. The Morgan fingerprint density at radius 1 is 1.09 bits per heavy atom. The zero-order chi connectivity index (χ0) is 15.7. The molecule has 1 atom stereocenters. The predicted molar refractivity (Wildman–Crippen MR) is 86.9 cm³/mol. The Bertz CT molecular complexity index is 722. The number of rotatable bonds is 1. The molecule has 1 aliphatic heterocycles. The van der Waals surface area contributed by atoms with Crippen molar-refractivity contribution in [3.63, 3.8) is 0 Å². The first-order valence-electron chi connectivity index (χ1n) is 7.35. The van der Waals surface area contributed by atoms with Gasteiger partial charge in [-0.1, -0.05) is 35.9 Å². The molecule has 0 saturated heterocycles. The van der Waals surface area contributed by atoms with Crippen LogP contribution < -0.4 is 10.2 Å². The van der Waals surface area contributed by atoms with Crippen LogP contribution in [0.1, 0.15) is 18.1 Å². The molecular formula is C18H18N2O2. The highest BCUT2D eigenvalue weighted by atomic mass is 16.2. The first-order valence-corrected chi connectivity index (χ1v) is 7.35. The normalized spacial score (nSPS) is 16.3. The maximum absolute atomic E-state index is 12.5. The molecule has 1 unspecified atom stereocenters. The summed E-state index contributed by atoms with van der Waals surface area (Å²) in [7, 11) is 0. The third-order valence-corrected chi connectivity index (χ3v) is 3.93. The fraction of sp³-hybridized carbons (Fsp3) is 0.222. The van der Waals surface area contributed by atoms with E-state index in [-0.39, 0.29) is 6.04 Å². The van der Waals surface area contributed by atoms with E-state index in [0.29, 0.717) is 5.69 Å². The monoisotopic (exact) mass is 294 g/mol. The molecule has 2 aromatic rings. The van der Waals surface area contributed by atoms with Gasteiger partial charge in [-0.15, -0.1) is 0 Å². The molecule has 4 heteroatoms. The Labute approximate surface area is 129 Å². The van der Waals surface area contributed by atoms with Crippen LogP contribution in [0.2, 0.25) is 0 Å². The first-order chi connectivity index (χ1) is 10.6. The molecule has 3 rings (SSSR count). The molecule has 0 aliphatic carbocycles. The number of para-hydroxylation sites is 1. The summed E-state index contributed by atoms with van der Waals surface area (Å²) in [5.41, 5.74) is 3.67. The molecule has 0 bridgehead atoms. The molecule has 1 aliphatic rings. The second-order valence-corrected chi connectivity index (χ2v) is 5.68. The molecule has 2 amide bonds. The van der Waals surface area contributed by atoms with Crippen LogP contribution in [0.4, 0.5) is 11.4 Å². The molecule has 1 heterocycles. The van der Waals surface area contributed by atoms with Gasteiger partial charge in [0.2, 0.25) is 0 Å². The Hall–Kier alpha value is -2.62. The van der Waals surface area contributed by atoms with Gasteiger partial charge in [0.25, 0.3) is 0 Å². The van der Waals surface area contributed by atoms with E-state index in [2.05, 4.69) is 5.32 Å². The summed E-state index contributed by atoms with van der Waals surface area (Å²) >= 11 is 0. The van der Waals surface area contributed by atoms with Crippen molar-refractivity contribution in [1.29, 1.82) is 0 Å². The summed E-state index contributed by atoms with van der Waals surface area (Å²) in [6.45, 7) is 3.93. The lowest BCUT2D eigenvalue weighted by molar-refractivity contribution is -0.134. The zero-order valence-corrected chi connectivity index (χ0v) is 12.7. The lowest BCUT2D eigenvalue weighted by atomic mass is 10.1. The minimum absolute atomic E-state index is 0.00586. The van der Waals surface area contributed by atoms with Crippen LogP contribution in [-0.2, 0) is 16.0 Å². The molecule has 0 spiro atoms. The summed E-state index contributed by atoms with van der Waals surface area (Å²) in [4.78, 5) is 26.3. The topological polar surface area (TPSA) is 49.4 Å². The number of amides is 2. The average molecular weight is 294 g/mol. The van der Waals surface area contributed by atoms with Crippen molar-refractivity contribution >= 4 is 23.2 Å². The van der Waals surface area contributed by atoms with Crippen molar-refractivity contribution in [2.24, 2.45) is 0 Å². The van der Waals surface area contributed by atoms with Crippen molar-refractivity contribution in [3.8, 4) is 0 Å². The number of carbonyl (C=O) groups excluding carboxylic acids is 2. The van der Waals surface area contributed by atoms with Crippen molar-refractivity contribution in [3.05, 3.63) is 59.7 Å². The van der Waals surface area contributed by atoms with E-state index in [4.69, 9.17) is 0 Å². The summed E-state index contributed by atoms with van der Waals surface area (Å²) in [5.74, 6) is -1.12. The van der Waals surface area contributed by atoms with E-state index in [1.54, 1.807) is 17.0 Å². The van der Waals surface area contributed by atoms with Gasteiger partial charge in [0.05, 0.1) is 0 Å². The van der Waals surface area contributed by atoms with Crippen LogP contribution in [0.25, 0.3) is 0 Å². The quantitative estimate of drug-likeness (QED) is 0.822. The molecule has 0 fully saturated rings. The van der Waals surface area contributed by atoms with E-state index < -0.39 is 11.8 Å². The van der Waals surface area contributed by atoms with Crippen molar-refractivity contribution in [1.82, 2.24) is 0 Å². The van der Waals surface area contributed by atoms with Crippen LogP contribution in [0.15, 0.2) is 48.5 Å². The summed E-state index contributed by atoms with van der Waals surface area (Å²) < 4.78 is 0. The van der Waals surface area contributed by atoms with E-state index in [1.807, 2.05) is 50.2 Å². The average Bonchev–Trinajstić information content (AvgIpc) is 2.84. The minimum atomic E-state index is -0.604. The standard InChI is InChI=1S/C18H18N2O2/c1-12-7-9-15(10-8-12)19-17(21)18(22)20-13(2)11-14-5-3-4-6-16(14)20/h3-10,13H,11H2,1-2H3,(H,19,21). The Kier molecular flexibility index (Phi) is 3.67. The first kappa shape index (κ1) is 14.3. The summed E-state index contributed by atoms with van der Waals surface area (Å²) in [5, 5.41) is 2.67. The molecule has 1 N–H and O–H groups in total. The summed E-state index contributed by atoms with van der Waals surface area (Å²) in [6, 6.07) is 15.1. The van der Waals surface area contributed by atoms with Gasteiger partial charge >= 0.3 is 11.8 Å². The molecule has 0 aromatic heterocycles. The molecule has 112 valence electrons. The highest BCUT2D eigenvalue weighted by molar-refractivity contribution is 6.44. The van der Waals surface area contributed by atoms with Crippen LogP contribution in [-0.4, -0.2) is 17.9 Å². The van der Waals surface area contributed by atoms with Crippen molar-refractivity contribution < 1.29 is 9.59 Å². The third kappa shape index (κ3) is 2.60. The minimum Gasteiger partial charge on any atom is -0.318 e. The van der Waals surface area contributed by atoms with E-state index >= 15 is 0 Å². The number of carbonyl (C=O) groups is 2. The van der Waals surface area contributed by atoms with E-state index in [9.17, 15) is 9.59 Å². The number of nitrogens with one attached hydrogen (secondary N) is 1. The fourth-order valence-corrected chi connectivity index (χ4v) is 2.81. The Morgan fingerprint density at radius 3 is 2.50 bits per heavy atom. The molecule has 22 heavy (non-hydrogen) atoms. The van der Waals surface area contributed by atoms with Gasteiger partial charge in [-0.25, -0.2) is 0 Å². The smallest absolute Gasteiger partial charge is 0.316 e. The molecule has 0 saturated carbocycles. The van der Waals surface area contributed by atoms with Crippen molar-refractivity contribution in [2.75, 3.05) is 10.2 Å². The lowest BCUT2D eigenvalue weighted by Gasteiger charge is -2.22. The number of anilines is 2. The van der Waals surface area contributed by atoms with E-state index in [1.165, 1.54) is 0 Å². The van der Waals surface area contributed by atoms with Gasteiger partial charge in [0.15, 0.2) is 0 Å². The number of fused-ring (bicyclic) bond motifs is 1. The zero-order valence-electron chi connectivity index (χ0n) is 12.7. The van der Waals surface area contributed by atoms with Crippen LogP contribution in [0.5, 0.6) is 0 Å². The number of hydrogen-bond acceptors (Lipinski definition) is 2. The third-order valence-electron chi connectivity index (χ3n) is 3.93. The van der Waals surface area contributed by atoms with E-state index in [0.717, 1.165) is 23.2 Å².